The molecule has 0 fully saturated rings. The standard InChI is InChI=1S/C9H6Br.C4H10N.2CH3.2FH.H2Si.Zr/c10-9-5-7-3-1-2-4-8(7)6-9;1-4(2,3)5;;;;;;/h1-6H;5H,1-3H3;2*1H3;2*1H;1H2;/q;-1;;;;;;+1. The molecule has 6 heteroatoms. The summed E-state index contributed by atoms with van der Waals surface area (Å²) in [5, 5.41) is 0. The molecule has 120 valence electrons. The summed E-state index contributed by atoms with van der Waals surface area (Å²) in [6.45, 7) is 9.09. The molecule has 0 bridgehead atoms. The van der Waals surface area contributed by atoms with Crippen molar-refractivity contribution in [1.82, 2.24) is 3.26 Å². The number of halogens is 3. The number of nitrogens with one attached hydrogen (secondary N) is 1. The zero-order valence-corrected chi connectivity index (χ0v) is 18.8. The van der Waals surface area contributed by atoms with Crippen LogP contribution in [0.4, 0.5) is 9.41 Å². The van der Waals surface area contributed by atoms with Gasteiger partial charge in [0.05, 0.1) is 0 Å². The van der Waals surface area contributed by atoms with E-state index in [1.165, 1.54) is 15.6 Å². The first-order valence-corrected chi connectivity index (χ1v) is 21.1. The molecule has 0 radical (unpaired) electrons. The summed E-state index contributed by atoms with van der Waals surface area (Å²) in [4.78, 5) is 0. The van der Waals surface area contributed by atoms with Gasteiger partial charge in [-0.25, -0.2) is 0 Å². The molecule has 1 N–H and O–H groups in total. The van der Waals surface area contributed by atoms with E-state index in [0.717, 1.165) is 0 Å². The third-order valence-electron chi connectivity index (χ3n) is 3.59. The summed E-state index contributed by atoms with van der Waals surface area (Å²) in [5.41, 5.74) is 3.05. The fraction of sp³-hybridized carbons (Fsp3) is 0.467. The van der Waals surface area contributed by atoms with Gasteiger partial charge in [-0.2, -0.15) is 0 Å². The molecule has 0 saturated heterocycles. The second-order valence-electron chi connectivity index (χ2n) is 7.78. The molecule has 0 amide bonds. The van der Waals surface area contributed by atoms with E-state index in [-0.39, 0.29) is 14.9 Å². The predicted molar refractivity (Wildman–Crippen MR) is 94.3 cm³/mol. The van der Waals surface area contributed by atoms with Crippen LogP contribution in [0.3, 0.4) is 0 Å². The van der Waals surface area contributed by atoms with Crippen LogP contribution < -0.4 is 3.26 Å². The molecule has 1 unspecified atom stereocenters. The van der Waals surface area contributed by atoms with Crippen LogP contribution in [0.15, 0.2) is 28.7 Å². The van der Waals surface area contributed by atoms with Crippen LogP contribution in [0.1, 0.15) is 35.5 Å². The van der Waals surface area contributed by atoms with E-state index >= 15 is 0 Å². The molecule has 1 nitrogen and oxygen atoms in total. The van der Waals surface area contributed by atoms with E-state index in [4.69, 9.17) is 0 Å². The Morgan fingerprint density at radius 2 is 1.67 bits per heavy atom. The van der Waals surface area contributed by atoms with E-state index in [0.29, 0.717) is 3.63 Å². The van der Waals surface area contributed by atoms with Gasteiger partial charge in [0, 0.05) is 0 Å². The number of allylic oxidation sites excluding steroid dienone is 1. The Balaban J connectivity index is 0.00000200. The van der Waals surface area contributed by atoms with Crippen LogP contribution >= 0.6 is 15.9 Å². The Morgan fingerprint density at radius 1 is 1.14 bits per heavy atom. The Bertz CT molecular complexity index is 616. The summed E-state index contributed by atoms with van der Waals surface area (Å²) < 4.78 is 11.0. The van der Waals surface area contributed by atoms with E-state index in [9.17, 15) is 0 Å². The monoisotopic (exact) mass is 455 g/mol. The van der Waals surface area contributed by atoms with Crippen molar-refractivity contribution >= 4 is 28.9 Å². The number of hydrogen-bond donors (Lipinski definition) is 1. The first kappa shape index (κ1) is 21.4. The number of hydrogen-bond acceptors (Lipinski definition) is 1. The third-order valence-corrected chi connectivity index (χ3v) is 18.7. The molecule has 1 atom stereocenters. The Kier molecular flexibility index (Phi) is 6.57. The third kappa shape index (κ3) is 4.66. The number of rotatable bonds is 2. The van der Waals surface area contributed by atoms with Gasteiger partial charge in [0.25, 0.3) is 0 Å². The average Bonchev–Trinajstić information content (AvgIpc) is 2.48. The molecule has 2 rings (SSSR count). The minimum atomic E-state index is -3.03. The van der Waals surface area contributed by atoms with Crippen molar-refractivity contribution in [3.8, 4) is 0 Å². The molecule has 1 aliphatic rings. The van der Waals surface area contributed by atoms with E-state index < -0.39 is 17.7 Å². The van der Waals surface area contributed by atoms with E-state index in [1.807, 2.05) is 0 Å². The first-order chi connectivity index (χ1) is 8.48. The smallest absolute Gasteiger partial charge is 0.269 e. The van der Waals surface area contributed by atoms with Crippen LogP contribution in [0, 0.1) is 0 Å². The van der Waals surface area contributed by atoms with Crippen LogP contribution in [0.5, 0.6) is 0 Å². The van der Waals surface area contributed by atoms with E-state index in [1.54, 1.807) is 0 Å². The van der Waals surface area contributed by atoms with Gasteiger partial charge in [-0.15, -0.1) is 0 Å². The fourth-order valence-electron chi connectivity index (χ4n) is 3.53. The maximum atomic E-state index is 4.04. The average molecular weight is 458 g/mol. The van der Waals surface area contributed by atoms with Gasteiger partial charge < -0.3 is 0 Å². The van der Waals surface area contributed by atoms with Crippen molar-refractivity contribution in [3.05, 3.63) is 39.9 Å². The van der Waals surface area contributed by atoms with Crippen molar-refractivity contribution in [2.75, 3.05) is 0 Å². The minimum absolute atomic E-state index is 0. The molecule has 0 spiro atoms. The summed E-state index contributed by atoms with van der Waals surface area (Å²) in [6, 6.07) is 8.81. The molecular formula is C15H26BrF2NSiZr. The largest absolute Gasteiger partial charge is 0.269 e. The molecular weight excluding hydrogens is 431 g/mol. The van der Waals surface area contributed by atoms with Crippen molar-refractivity contribution < 1.29 is 27.1 Å². The molecule has 21 heavy (non-hydrogen) atoms. The summed E-state index contributed by atoms with van der Waals surface area (Å²) in [7, 11) is 0. The van der Waals surface area contributed by atoms with Crippen LogP contribution in [-0.4, -0.2) is 12.4 Å². The number of benzene rings is 1. The normalized spacial score (nSPS) is 18.2. The molecule has 0 aliphatic heterocycles. The molecule has 1 aromatic rings. The SMILES string of the molecule is CC(C)(C)[NH][Zr]([CH3])([CH3])(=[SiH2])[CH]1C(Br)=Cc2ccccc21.F.F. The van der Waals surface area contributed by atoms with Gasteiger partial charge in [-0.1, -0.05) is 0 Å². The first-order valence-electron chi connectivity index (χ1n) is 6.81. The van der Waals surface area contributed by atoms with Gasteiger partial charge >= 0.3 is 129 Å². The van der Waals surface area contributed by atoms with Gasteiger partial charge in [-0.3, -0.25) is 9.41 Å². The van der Waals surface area contributed by atoms with Crippen molar-refractivity contribution in [1.29, 1.82) is 0 Å². The molecule has 0 heterocycles. The molecule has 0 saturated carbocycles. The van der Waals surface area contributed by atoms with Gasteiger partial charge in [0.2, 0.25) is 0 Å². The summed E-state index contributed by atoms with van der Waals surface area (Å²) >= 11 is 0.812. The van der Waals surface area contributed by atoms with Gasteiger partial charge in [-0.05, 0) is 0 Å². The van der Waals surface area contributed by atoms with Gasteiger partial charge in [0.15, 0.2) is 0 Å². The van der Waals surface area contributed by atoms with Crippen molar-refractivity contribution in [2.24, 2.45) is 0 Å². The zero-order valence-electron chi connectivity index (χ0n) is 13.4. The van der Waals surface area contributed by atoms with E-state index in [2.05, 4.69) is 86.4 Å². The van der Waals surface area contributed by atoms with Gasteiger partial charge in [0.1, 0.15) is 0 Å². The zero-order chi connectivity index (χ0) is 14.5. The Hall–Kier alpha value is 0.360. The topological polar surface area (TPSA) is 12.0 Å². The Morgan fingerprint density at radius 3 is 2.19 bits per heavy atom. The predicted octanol–water partition coefficient (Wildman–Crippen LogP) is 4.42. The fourth-order valence-corrected chi connectivity index (χ4v) is 27.8. The maximum absolute atomic E-state index is 4.04. The summed E-state index contributed by atoms with van der Waals surface area (Å²) in [6.07, 6.45) is 2.30. The molecule has 1 aliphatic carbocycles. The van der Waals surface area contributed by atoms with Crippen molar-refractivity contribution in [3.63, 3.8) is 0 Å². The van der Waals surface area contributed by atoms with Crippen LogP contribution in [-0.2, 0) is 17.7 Å². The molecule has 0 aromatic heterocycles. The summed E-state index contributed by atoms with van der Waals surface area (Å²) in [5.74, 6) is 0. The Labute approximate surface area is 137 Å². The number of fused-ring (bicyclic) bond motifs is 1. The second-order valence-corrected chi connectivity index (χ2v) is 37.4. The second kappa shape index (κ2) is 6.46. The quantitative estimate of drug-likeness (QED) is 0.649. The van der Waals surface area contributed by atoms with Crippen LogP contribution in [0.2, 0.25) is 9.26 Å². The van der Waals surface area contributed by atoms with Crippen molar-refractivity contribution in [2.45, 2.75) is 39.2 Å². The van der Waals surface area contributed by atoms with Crippen LogP contribution in [0.25, 0.3) is 6.08 Å². The molecule has 1 aromatic carbocycles. The maximum Gasteiger partial charge on any atom is -0.269 e. The minimum Gasteiger partial charge on any atom is -0.269 e.